The van der Waals surface area contributed by atoms with E-state index in [9.17, 15) is 4.79 Å². The molecule has 0 bridgehead atoms. The summed E-state index contributed by atoms with van der Waals surface area (Å²) in [6.45, 7) is 2.20. The summed E-state index contributed by atoms with van der Waals surface area (Å²) in [4.78, 5) is 12.1. The fourth-order valence-electron chi connectivity index (χ4n) is 2.06. The molecule has 0 N–H and O–H groups in total. The predicted molar refractivity (Wildman–Crippen MR) is 78.6 cm³/mol. The smallest absolute Gasteiger partial charge is 0.355 e. The second kappa shape index (κ2) is 5.97. The highest BCUT2D eigenvalue weighted by Crippen LogP contribution is 2.31. The summed E-state index contributed by atoms with van der Waals surface area (Å²) in [5.74, 6) is -0.274. The first kappa shape index (κ1) is 13.7. The fourth-order valence-corrected chi connectivity index (χ4v) is 2.66. The van der Waals surface area contributed by atoms with Crippen LogP contribution in [0.4, 0.5) is 0 Å². The normalized spacial score (nSPS) is 10.5. The number of aromatic nitrogens is 1. The number of hydrogen-bond acceptors (Lipinski definition) is 3. The lowest BCUT2D eigenvalue weighted by molar-refractivity contribution is 0.0515. The largest absolute Gasteiger partial charge is 0.461 e. The molecule has 0 fully saturated rings. The Morgan fingerprint density at radius 1 is 1.32 bits per heavy atom. The number of rotatable bonds is 4. The van der Waals surface area contributed by atoms with Gasteiger partial charge in [-0.2, -0.15) is 0 Å². The first-order valence-electron chi connectivity index (χ1n) is 6.15. The van der Waals surface area contributed by atoms with Crippen molar-refractivity contribution in [2.24, 2.45) is 7.05 Å². The summed E-state index contributed by atoms with van der Waals surface area (Å²) in [6.07, 6.45) is 2.00. The summed E-state index contributed by atoms with van der Waals surface area (Å²) in [7, 11) is 1.89. The van der Waals surface area contributed by atoms with Crippen molar-refractivity contribution in [1.29, 1.82) is 0 Å². The van der Waals surface area contributed by atoms with E-state index in [0.29, 0.717) is 12.3 Å². The second-order valence-corrected chi connectivity index (χ2v) is 4.92. The minimum Gasteiger partial charge on any atom is -0.461 e. The van der Waals surface area contributed by atoms with Crippen molar-refractivity contribution in [3.63, 3.8) is 0 Å². The minimum absolute atomic E-state index is 0.274. The Balaban J connectivity index is 2.57. The van der Waals surface area contributed by atoms with Crippen LogP contribution in [0.1, 0.15) is 17.4 Å². The maximum absolute atomic E-state index is 12.1. The molecule has 0 aliphatic rings. The van der Waals surface area contributed by atoms with Gasteiger partial charge >= 0.3 is 5.97 Å². The minimum atomic E-state index is -0.274. The molecule has 0 aliphatic heterocycles. The van der Waals surface area contributed by atoms with Crippen molar-refractivity contribution < 1.29 is 9.53 Å². The maximum Gasteiger partial charge on any atom is 0.355 e. The number of thioether (sulfide) groups is 1. The highest BCUT2D eigenvalue weighted by Gasteiger charge is 2.20. The van der Waals surface area contributed by atoms with Crippen LogP contribution < -0.4 is 0 Å². The Kier molecular flexibility index (Phi) is 4.32. The summed E-state index contributed by atoms with van der Waals surface area (Å²) in [5, 5.41) is 1.04. The SMILES string of the molecule is CCOC(=O)c1c(-c2ccccc2)cc(SC)n1C. The Hall–Kier alpha value is -1.68. The molecule has 0 atom stereocenters. The third kappa shape index (κ3) is 2.68. The summed E-state index contributed by atoms with van der Waals surface area (Å²) >= 11 is 1.62. The van der Waals surface area contributed by atoms with Crippen molar-refractivity contribution >= 4 is 17.7 Å². The Bertz CT molecular complexity index is 575. The molecule has 0 radical (unpaired) electrons. The molecule has 2 aromatic rings. The van der Waals surface area contributed by atoms with E-state index in [1.165, 1.54) is 0 Å². The van der Waals surface area contributed by atoms with Crippen molar-refractivity contribution in [1.82, 2.24) is 4.57 Å². The number of nitrogens with zero attached hydrogens (tertiary/aromatic N) is 1. The first-order chi connectivity index (χ1) is 9.19. The molecule has 0 amide bonds. The third-order valence-corrected chi connectivity index (χ3v) is 3.76. The zero-order valence-corrected chi connectivity index (χ0v) is 12.2. The van der Waals surface area contributed by atoms with Gasteiger partial charge in [0.15, 0.2) is 0 Å². The molecule has 0 aliphatic carbocycles. The molecular formula is C15H17NO2S. The van der Waals surface area contributed by atoms with Gasteiger partial charge in [0.1, 0.15) is 5.69 Å². The Morgan fingerprint density at radius 3 is 2.58 bits per heavy atom. The molecule has 3 nitrogen and oxygen atoms in total. The van der Waals surface area contributed by atoms with Crippen LogP contribution in [0.5, 0.6) is 0 Å². The number of ether oxygens (including phenoxy) is 1. The molecule has 19 heavy (non-hydrogen) atoms. The molecule has 100 valence electrons. The Labute approximate surface area is 117 Å². The van der Waals surface area contributed by atoms with Crippen LogP contribution in [0, 0.1) is 0 Å². The molecule has 1 aromatic heterocycles. The van der Waals surface area contributed by atoms with Gasteiger partial charge in [0.05, 0.1) is 11.6 Å². The summed E-state index contributed by atoms with van der Waals surface area (Å²) in [6, 6.07) is 11.9. The van der Waals surface area contributed by atoms with E-state index in [-0.39, 0.29) is 5.97 Å². The number of carbonyl (C=O) groups excluding carboxylic acids is 1. The lowest BCUT2D eigenvalue weighted by Crippen LogP contribution is -2.11. The fraction of sp³-hybridized carbons (Fsp3) is 0.267. The van der Waals surface area contributed by atoms with E-state index in [1.807, 2.05) is 61.2 Å². The zero-order valence-electron chi connectivity index (χ0n) is 11.3. The predicted octanol–water partition coefficient (Wildman–Crippen LogP) is 3.59. The summed E-state index contributed by atoms with van der Waals surface area (Å²) in [5.41, 5.74) is 2.56. The van der Waals surface area contributed by atoms with Crippen LogP contribution in [-0.2, 0) is 11.8 Å². The van der Waals surface area contributed by atoms with Gasteiger partial charge in [-0.05, 0) is 24.8 Å². The lowest BCUT2D eigenvalue weighted by atomic mass is 10.1. The van der Waals surface area contributed by atoms with Gasteiger partial charge in [-0.1, -0.05) is 30.3 Å². The van der Waals surface area contributed by atoms with Crippen LogP contribution in [0.3, 0.4) is 0 Å². The van der Waals surface area contributed by atoms with E-state index in [0.717, 1.165) is 16.2 Å². The van der Waals surface area contributed by atoms with Crippen LogP contribution in [0.2, 0.25) is 0 Å². The molecule has 0 saturated heterocycles. The number of esters is 1. The average Bonchev–Trinajstić information content (AvgIpc) is 2.77. The van der Waals surface area contributed by atoms with E-state index in [1.54, 1.807) is 11.8 Å². The highest BCUT2D eigenvalue weighted by molar-refractivity contribution is 7.98. The van der Waals surface area contributed by atoms with Crippen molar-refractivity contribution in [3.05, 3.63) is 42.1 Å². The van der Waals surface area contributed by atoms with Crippen molar-refractivity contribution in [3.8, 4) is 11.1 Å². The maximum atomic E-state index is 12.1. The standard InChI is InChI=1S/C15H17NO2S/c1-4-18-15(17)14-12(10-13(19-3)16(14)2)11-8-6-5-7-9-11/h5-10H,4H2,1-3H3. The van der Waals surface area contributed by atoms with E-state index in [4.69, 9.17) is 4.74 Å². The molecule has 1 aromatic carbocycles. The third-order valence-electron chi connectivity index (χ3n) is 2.95. The lowest BCUT2D eigenvalue weighted by Gasteiger charge is -2.07. The highest BCUT2D eigenvalue weighted by atomic mass is 32.2. The monoisotopic (exact) mass is 275 g/mol. The van der Waals surface area contributed by atoms with Gasteiger partial charge in [0.25, 0.3) is 0 Å². The van der Waals surface area contributed by atoms with E-state index < -0.39 is 0 Å². The zero-order chi connectivity index (χ0) is 13.8. The van der Waals surface area contributed by atoms with Gasteiger partial charge < -0.3 is 9.30 Å². The molecule has 2 rings (SSSR count). The van der Waals surface area contributed by atoms with Gasteiger partial charge in [0.2, 0.25) is 0 Å². The summed E-state index contributed by atoms with van der Waals surface area (Å²) < 4.78 is 7.05. The molecule has 0 unspecified atom stereocenters. The van der Waals surface area contributed by atoms with Gasteiger partial charge in [-0.25, -0.2) is 4.79 Å². The van der Waals surface area contributed by atoms with Crippen molar-refractivity contribution in [2.75, 3.05) is 12.9 Å². The average molecular weight is 275 g/mol. The molecule has 0 saturated carbocycles. The molecule has 1 heterocycles. The molecular weight excluding hydrogens is 258 g/mol. The van der Waals surface area contributed by atoms with Crippen LogP contribution in [0.25, 0.3) is 11.1 Å². The van der Waals surface area contributed by atoms with Crippen LogP contribution >= 0.6 is 11.8 Å². The number of carbonyl (C=O) groups is 1. The van der Waals surface area contributed by atoms with Gasteiger partial charge in [-0.3, -0.25) is 0 Å². The quantitative estimate of drug-likeness (QED) is 0.631. The topological polar surface area (TPSA) is 31.2 Å². The van der Waals surface area contributed by atoms with Gasteiger partial charge in [-0.15, -0.1) is 11.8 Å². The van der Waals surface area contributed by atoms with E-state index in [2.05, 4.69) is 0 Å². The Morgan fingerprint density at radius 2 is 2.00 bits per heavy atom. The van der Waals surface area contributed by atoms with Gasteiger partial charge in [0, 0.05) is 12.6 Å². The first-order valence-corrected chi connectivity index (χ1v) is 7.37. The number of hydrogen-bond donors (Lipinski definition) is 0. The van der Waals surface area contributed by atoms with Crippen LogP contribution in [-0.4, -0.2) is 23.4 Å². The van der Waals surface area contributed by atoms with Crippen molar-refractivity contribution in [2.45, 2.75) is 11.9 Å². The second-order valence-electron chi connectivity index (χ2n) is 4.09. The molecule has 0 spiro atoms. The number of benzene rings is 1. The van der Waals surface area contributed by atoms with E-state index >= 15 is 0 Å². The molecule has 4 heteroatoms. The van der Waals surface area contributed by atoms with Crippen LogP contribution in [0.15, 0.2) is 41.4 Å².